The monoisotopic (exact) mass is 332 g/mol. The molecule has 1 rings (SSSR count). The zero-order valence-electron chi connectivity index (χ0n) is 12.8. The van der Waals surface area contributed by atoms with Crippen LogP contribution in [0.3, 0.4) is 0 Å². The fourth-order valence-corrected chi connectivity index (χ4v) is 3.77. The van der Waals surface area contributed by atoms with Crippen molar-refractivity contribution < 1.29 is 13.2 Å². The van der Waals surface area contributed by atoms with E-state index in [2.05, 4.69) is 19.2 Å². The summed E-state index contributed by atoms with van der Waals surface area (Å²) in [5, 5.41) is 7.98. The third kappa shape index (κ3) is 7.06. The van der Waals surface area contributed by atoms with E-state index in [-0.39, 0.29) is 22.6 Å². The maximum absolute atomic E-state index is 11.9. The number of sulfonamides is 1. The van der Waals surface area contributed by atoms with Crippen LogP contribution in [0.1, 0.15) is 44.9 Å². The topological polar surface area (TPSA) is 89.3 Å². The van der Waals surface area contributed by atoms with Gasteiger partial charge in [-0.15, -0.1) is 11.3 Å². The Morgan fingerprint density at radius 2 is 1.95 bits per heavy atom. The van der Waals surface area contributed by atoms with E-state index in [1.165, 1.54) is 6.07 Å². The summed E-state index contributed by atoms with van der Waals surface area (Å²) in [6.45, 7) is 6.36. The SMILES string of the molecule is CC(C)CCCC(C)NC(=O)Cc1ccc(S(N)(=O)=O)s1. The van der Waals surface area contributed by atoms with Crippen molar-refractivity contribution in [2.24, 2.45) is 11.1 Å². The zero-order chi connectivity index (χ0) is 16.0. The molecule has 1 atom stereocenters. The van der Waals surface area contributed by atoms with Crippen LogP contribution in [0, 0.1) is 5.92 Å². The third-order valence-corrected chi connectivity index (χ3v) is 5.60. The van der Waals surface area contributed by atoms with Gasteiger partial charge in [0.1, 0.15) is 4.21 Å². The molecule has 21 heavy (non-hydrogen) atoms. The minimum atomic E-state index is -3.67. The number of carbonyl (C=O) groups is 1. The van der Waals surface area contributed by atoms with Gasteiger partial charge in [0, 0.05) is 10.9 Å². The highest BCUT2D eigenvalue weighted by Crippen LogP contribution is 2.20. The predicted molar refractivity (Wildman–Crippen MR) is 85.7 cm³/mol. The average molecular weight is 332 g/mol. The Balaban J connectivity index is 2.41. The Morgan fingerprint density at radius 1 is 1.29 bits per heavy atom. The highest BCUT2D eigenvalue weighted by Gasteiger charge is 2.14. The Labute approximate surface area is 131 Å². The maximum Gasteiger partial charge on any atom is 0.247 e. The molecule has 1 heterocycles. The molecule has 120 valence electrons. The smallest absolute Gasteiger partial charge is 0.247 e. The Kier molecular flexibility index (Phi) is 6.83. The number of thiophene rings is 1. The molecule has 0 saturated carbocycles. The Bertz CT molecular complexity index is 565. The van der Waals surface area contributed by atoms with Crippen molar-refractivity contribution in [1.29, 1.82) is 0 Å². The number of rotatable bonds is 8. The first-order valence-electron chi connectivity index (χ1n) is 7.09. The predicted octanol–water partition coefficient (Wildman–Crippen LogP) is 2.27. The standard InChI is InChI=1S/C14H24N2O3S2/c1-10(2)5-4-6-11(3)16-13(17)9-12-7-8-14(20-12)21(15,18)19/h7-8,10-11H,4-6,9H2,1-3H3,(H,16,17)(H2,15,18,19). The summed E-state index contributed by atoms with van der Waals surface area (Å²) in [6, 6.07) is 3.20. The quantitative estimate of drug-likeness (QED) is 0.765. The average Bonchev–Trinajstić information content (AvgIpc) is 2.76. The van der Waals surface area contributed by atoms with Gasteiger partial charge < -0.3 is 5.32 Å². The normalized spacial score (nSPS) is 13.4. The molecule has 1 aromatic rings. The third-order valence-electron chi connectivity index (χ3n) is 3.08. The fourth-order valence-electron chi connectivity index (χ4n) is 1.99. The van der Waals surface area contributed by atoms with E-state index in [4.69, 9.17) is 5.14 Å². The van der Waals surface area contributed by atoms with Gasteiger partial charge in [0.05, 0.1) is 6.42 Å². The number of carbonyl (C=O) groups excluding carboxylic acids is 1. The number of amides is 1. The number of hydrogen-bond acceptors (Lipinski definition) is 4. The van der Waals surface area contributed by atoms with E-state index >= 15 is 0 Å². The van der Waals surface area contributed by atoms with Crippen LogP contribution in [0.2, 0.25) is 0 Å². The molecule has 0 aromatic carbocycles. The summed E-state index contributed by atoms with van der Waals surface area (Å²) in [4.78, 5) is 12.6. The second kappa shape index (κ2) is 7.91. The first kappa shape index (κ1) is 18.1. The maximum atomic E-state index is 11.9. The molecule has 7 heteroatoms. The van der Waals surface area contributed by atoms with Gasteiger partial charge in [-0.2, -0.15) is 0 Å². The minimum Gasteiger partial charge on any atom is -0.353 e. The summed E-state index contributed by atoms with van der Waals surface area (Å²) < 4.78 is 22.4. The van der Waals surface area contributed by atoms with Crippen molar-refractivity contribution >= 4 is 27.3 Å². The second-order valence-corrected chi connectivity index (χ2v) is 8.69. The summed E-state index contributed by atoms with van der Waals surface area (Å²) in [5.41, 5.74) is 0. The molecule has 0 bridgehead atoms. The van der Waals surface area contributed by atoms with Gasteiger partial charge in [-0.25, -0.2) is 13.6 Å². The lowest BCUT2D eigenvalue weighted by Crippen LogP contribution is -2.33. The van der Waals surface area contributed by atoms with E-state index in [9.17, 15) is 13.2 Å². The summed E-state index contributed by atoms with van der Waals surface area (Å²) >= 11 is 1.04. The van der Waals surface area contributed by atoms with Crippen LogP contribution >= 0.6 is 11.3 Å². The van der Waals surface area contributed by atoms with Gasteiger partial charge in [0.15, 0.2) is 0 Å². The lowest BCUT2D eigenvalue weighted by atomic mass is 10.0. The number of nitrogens with two attached hydrogens (primary N) is 1. The molecule has 0 fully saturated rings. The molecule has 0 saturated heterocycles. The summed E-state index contributed by atoms with van der Waals surface area (Å²) in [5.74, 6) is 0.588. The summed E-state index contributed by atoms with van der Waals surface area (Å²) in [7, 11) is -3.67. The molecule has 1 aromatic heterocycles. The fraction of sp³-hybridized carbons (Fsp3) is 0.643. The highest BCUT2D eigenvalue weighted by atomic mass is 32.2. The molecule has 0 radical (unpaired) electrons. The van der Waals surface area contributed by atoms with Crippen molar-refractivity contribution in [2.75, 3.05) is 0 Å². The lowest BCUT2D eigenvalue weighted by molar-refractivity contribution is -0.121. The van der Waals surface area contributed by atoms with Gasteiger partial charge in [-0.05, 0) is 31.4 Å². The molecular formula is C14H24N2O3S2. The van der Waals surface area contributed by atoms with Gasteiger partial charge in [-0.3, -0.25) is 4.79 Å². The number of primary sulfonamides is 1. The van der Waals surface area contributed by atoms with Crippen LogP contribution < -0.4 is 10.5 Å². The molecule has 0 spiro atoms. The van der Waals surface area contributed by atoms with Gasteiger partial charge >= 0.3 is 0 Å². The summed E-state index contributed by atoms with van der Waals surface area (Å²) in [6.07, 6.45) is 3.39. The largest absolute Gasteiger partial charge is 0.353 e. The Hall–Kier alpha value is -0.920. The van der Waals surface area contributed by atoms with E-state index < -0.39 is 10.0 Å². The van der Waals surface area contributed by atoms with Gasteiger partial charge in [0.25, 0.3) is 0 Å². The van der Waals surface area contributed by atoms with Crippen molar-refractivity contribution in [3.05, 3.63) is 17.0 Å². The number of nitrogens with one attached hydrogen (secondary N) is 1. The van der Waals surface area contributed by atoms with Crippen molar-refractivity contribution in [2.45, 2.75) is 56.7 Å². The van der Waals surface area contributed by atoms with Crippen LogP contribution in [-0.2, 0) is 21.2 Å². The van der Waals surface area contributed by atoms with Crippen molar-refractivity contribution in [1.82, 2.24) is 5.32 Å². The van der Waals surface area contributed by atoms with Crippen molar-refractivity contribution in [3.63, 3.8) is 0 Å². The Morgan fingerprint density at radius 3 is 2.48 bits per heavy atom. The zero-order valence-corrected chi connectivity index (χ0v) is 14.4. The number of hydrogen-bond donors (Lipinski definition) is 2. The molecule has 1 amide bonds. The second-order valence-electron chi connectivity index (χ2n) is 5.74. The lowest BCUT2D eigenvalue weighted by Gasteiger charge is -2.14. The molecule has 5 nitrogen and oxygen atoms in total. The van der Waals surface area contributed by atoms with Crippen LogP contribution in [0.5, 0.6) is 0 Å². The molecule has 0 aliphatic rings. The van der Waals surface area contributed by atoms with Gasteiger partial charge in [0.2, 0.25) is 15.9 Å². The molecule has 3 N–H and O–H groups in total. The van der Waals surface area contributed by atoms with E-state index in [1.807, 2.05) is 6.92 Å². The van der Waals surface area contributed by atoms with Crippen LogP contribution in [0.25, 0.3) is 0 Å². The first-order chi connectivity index (χ1) is 9.68. The molecule has 0 aliphatic heterocycles. The van der Waals surface area contributed by atoms with E-state index in [0.717, 1.165) is 30.6 Å². The van der Waals surface area contributed by atoms with E-state index in [1.54, 1.807) is 6.07 Å². The highest BCUT2D eigenvalue weighted by molar-refractivity contribution is 7.91. The van der Waals surface area contributed by atoms with Gasteiger partial charge in [-0.1, -0.05) is 26.7 Å². The van der Waals surface area contributed by atoms with Crippen molar-refractivity contribution in [3.8, 4) is 0 Å². The molecule has 1 unspecified atom stereocenters. The first-order valence-corrected chi connectivity index (χ1v) is 9.45. The van der Waals surface area contributed by atoms with Crippen LogP contribution in [-0.4, -0.2) is 20.4 Å². The molecular weight excluding hydrogens is 308 g/mol. The molecule has 0 aliphatic carbocycles. The van der Waals surface area contributed by atoms with E-state index in [0.29, 0.717) is 10.8 Å². The van der Waals surface area contributed by atoms with Crippen LogP contribution in [0.15, 0.2) is 16.3 Å². The minimum absolute atomic E-state index is 0.0881. The van der Waals surface area contributed by atoms with Crippen LogP contribution in [0.4, 0.5) is 0 Å².